The van der Waals surface area contributed by atoms with E-state index in [4.69, 9.17) is 0 Å². The first kappa shape index (κ1) is 13.6. The van der Waals surface area contributed by atoms with Gasteiger partial charge in [-0.3, -0.25) is 0 Å². The molecule has 1 saturated heterocycles. The van der Waals surface area contributed by atoms with Crippen LogP contribution >= 0.6 is 0 Å². The van der Waals surface area contributed by atoms with Crippen molar-refractivity contribution in [2.24, 2.45) is 5.92 Å². The highest BCUT2D eigenvalue weighted by Crippen LogP contribution is 2.35. The van der Waals surface area contributed by atoms with E-state index in [-0.39, 0.29) is 0 Å². The summed E-state index contributed by atoms with van der Waals surface area (Å²) in [6, 6.07) is 16.0. The molecule has 2 nitrogen and oxygen atoms in total. The topological polar surface area (TPSA) is 15.3 Å². The monoisotopic (exact) mass is 268 g/mol. The lowest BCUT2D eigenvalue weighted by Crippen LogP contribution is -2.38. The zero-order valence-electron chi connectivity index (χ0n) is 12.5. The highest BCUT2D eigenvalue weighted by molar-refractivity contribution is 5.86. The van der Waals surface area contributed by atoms with E-state index >= 15 is 0 Å². The normalized spacial score (nSPS) is 21.2. The second kappa shape index (κ2) is 5.94. The molecular formula is C18H24N2. The third kappa shape index (κ3) is 2.58. The number of hydrogen-bond donors (Lipinski definition) is 1. The average Bonchev–Trinajstić information content (AvgIpc) is 2.48. The molecule has 1 aliphatic rings. The van der Waals surface area contributed by atoms with Crippen LogP contribution in [0.1, 0.15) is 24.4 Å². The molecule has 0 bridgehead atoms. The van der Waals surface area contributed by atoms with E-state index in [2.05, 4.69) is 66.8 Å². The first-order chi connectivity index (χ1) is 9.77. The first-order valence-corrected chi connectivity index (χ1v) is 7.62. The summed E-state index contributed by atoms with van der Waals surface area (Å²) in [5.41, 5.74) is 1.47. The minimum atomic E-state index is 0.494. The molecule has 0 aliphatic carbocycles. The summed E-state index contributed by atoms with van der Waals surface area (Å²) in [6.45, 7) is 2.30. The highest BCUT2D eigenvalue weighted by atomic mass is 15.1. The van der Waals surface area contributed by atoms with E-state index in [0.717, 1.165) is 6.54 Å². The molecule has 1 N–H and O–H groups in total. The molecule has 106 valence electrons. The second-order valence-corrected chi connectivity index (χ2v) is 6.08. The molecule has 20 heavy (non-hydrogen) atoms. The Hall–Kier alpha value is -1.38. The van der Waals surface area contributed by atoms with Gasteiger partial charge in [0.05, 0.1) is 0 Å². The van der Waals surface area contributed by atoms with Crippen molar-refractivity contribution in [3.8, 4) is 0 Å². The van der Waals surface area contributed by atoms with Gasteiger partial charge in [0.1, 0.15) is 0 Å². The summed E-state index contributed by atoms with van der Waals surface area (Å²) in [7, 11) is 4.42. The Morgan fingerprint density at radius 3 is 2.65 bits per heavy atom. The van der Waals surface area contributed by atoms with E-state index in [1.54, 1.807) is 0 Å². The molecule has 1 fully saturated rings. The van der Waals surface area contributed by atoms with E-state index < -0.39 is 0 Å². The molecule has 2 heteroatoms. The largest absolute Gasteiger partial charge is 0.316 e. The minimum absolute atomic E-state index is 0.494. The van der Waals surface area contributed by atoms with Crippen molar-refractivity contribution in [3.63, 3.8) is 0 Å². The molecule has 3 rings (SSSR count). The van der Waals surface area contributed by atoms with Crippen molar-refractivity contribution in [2.45, 2.75) is 18.9 Å². The number of fused-ring (bicyclic) bond motifs is 1. The van der Waals surface area contributed by atoms with Crippen molar-refractivity contribution in [1.29, 1.82) is 0 Å². The maximum Gasteiger partial charge on any atom is 0.0388 e. The molecule has 0 amide bonds. The molecule has 0 saturated carbocycles. The lowest BCUT2D eigenvalue weighted by atomic mass is 9.84. The first-order valence-electron chi connectivity index (χ1n) is 7.62. The number of nitrogens with one attached hydrogen (secondary N) is 1. The minimum Gasteiger partial charge on any atom is -0.316 e. The third-order valence-electron chi connectivity index (χ3n) is 4.48. The van der Waals surface area contributed by atoms with Crippen LogP contribution in [-0.4, -0.2) is 32.1 Å². The van der Waals surface area contributed by atoms with Crippen LogP contribution in [0.2, 0.25) is 0 Å². The molecule has 2 aromatic rings. The summed E-state index contributed by atoms with van der Waals surface area (Å²) in [4.78, 5) is 2.39. The summed E-state index contributed by atoms with van der Waals surface area (Å²) in [5.74, 6) is 0.699. The van der Waals surface area contributed by atoms with Crippen LogP contribution in [0.15, 0.2) is 42.5 Å². The fourth-order valence-electron chi connectivity index (χ4n) is 3.61. The Bertz CT molecular complexity index is 565. The van der Waals surface area contributed by atoms with Crippen molar-refractivity contribution in [1.82, 2.24) is 10.2 Å². The predicted molar refractivity (Wildman–Crippen MR) is 86.0 cm³/mol. The SMILES string of the molecule is CN(C)C(c1cccc2ccccc12)C1CCCNC1. The molecule has 1 heterocycles. The van der Waals surface area contributed by atoms with Gasteiger partial charge in [0, 0.05) is 6.04 Å². The third-order valence-corrected chi connectivity index (χ3v) is 4.48. The molecule has 0 spiro atoms. The smallest absolute Gasteiger partial charge is 0.0388 e. The summed E-state index contributed by atoms with van der Waals surface area (Å²) in [6.07, 6.45) is 2.61. The molecule has 2 unspecified atom stereocenters. The Labute approximate surface area is 121 Å². The van der Waals surface area contributed by atoms with Gasteiger partial charge in [-0.05, 0) is 62.3 Å². The molecule has 2 aromatic carbocycles. The van der Waals surface area contributed by atoms with Gasteiger partial charge in [0.2, 0.25) is 0 Å². The van der Waals surface area contributed by atoms with Crippen LogP contribution in [0.25, 0.3) is 10.8 Å². The van der Waals surface area contributed by atoms with Crippen molar-refractivity contribution < 1.29 is 0 Å². The lowest BCUT2D eigenvalue weighted by molar-refractivity contribution is 0.182. The van der Waals surface area contributed by atoms with Crippen molar-refractivity contribution in [3.05, 3.63) is 48.0 Å². The number of nitrogens with zero attached hydrogens (tertiary/aromatic N) is 1. The predicted octanol–water partition coefficient (Wildman–Crippen LogP) is 3.44. The van der Waals surface area contributed by atoms with Gasteiger partial charge in [0.15, 0.2) is 0 Å². The Kier molecular flexibility index (Phi) is 4.04. The Balaban J connectivity index is 2.05. The highest BCUT2D eigenvalue weighted by Gasteiger charge is 2.27. The fourth-order valence-corrected chi connectivity index (χ4v) is 3.61. The molecule has 2 atom stereocenters. The van der Waals surface area contributed by atoms with Crippen LogP contribution in [0.5, 0.6) is 0 Å². The van der Waals surface area contributed by atoms with Gasteiger partial charge in [-0.1, -0.05) is 42.5 Å². The Morgan fingerprint density at radius 2 is 1.90 bits per heavy atom. The quantitative estimate of drug-likeness (QED) is 0.917. The van der Waals surface area contributed by atoms with E-state index in [0.29, 0.717) is 12.0 Å². The number of piperidine rings is 1. The summed E-state index contributed by atoms with van der Waals surface area (Å²) < 4.78 is 0. The van der Waals surface area contributed by atoms with Gasteiger partial charge in [0.25, 0.3) is 0 Å². The van der Waals surface area contributed by atoms with E-state index in [1.165, 1.54) is 35.7 Å². The van der Waals surface area contributed by atoms with E-state index in [9.17, 15) is 0 Å². The van der Waals surface area contributed by atoms with Gasteiger partial charge >= 0.3 is 0 Å². The van der Waals surface area contributed by atoms with Crippen LogP contribution < -0.4 is 5.32 Å². The maximum absolute atomic E-state index is 3.56. The standard InChI is InChI=1S/C18H24N2/c1-20(2)18(15-9-6-12-19-13-15)17-11-5-8-14-7-3-4-10-16(14)17/h3-5,7-8,10-11,15,18-19H,6,9,12-13H2,1-2H3. The van der Waals surface area contributed by atoms with Gasteiger partial charge < -0.3 is 10.2 Å². The van der Waals surface area contributed by atoms with Gasteiger partial charge in [-0.2, -0.15) is 0 Å². The average molecular weight is 268 g/mol. The molecule has 0 radical (unpaired) electrons. The Morgan fingerprint density at radius 1 is 1.10 bits per heavy atom. The molecular weight excluding hydrogens is 244 g/mol. The molecule has 1 aliphatic heterocycles. The van der Waals surface area contributed by atoms with Crippen LogP contribution in [0.3, 0.4) is 0 Å². The van der Waals surface area contributed by atoms with Crippen LogP contribution in [0, 0.1) is 5.92 Å². The summed E-state index contributed by atoms with van der Waals surface area (Å²) >= 11 is 0. The number of hydrogen-bond acceptors (Lipinski definition) is 2. The maximum atomic E-state index is 3.56. The summed E-state index contributed by atoms with van der Waals surface area (Å²) in [5, 5.41) is 6.31. The zero-order valence-corrected chi connectivity index (χ0v) is 12.5. The van der Waals surface area contributed by atoms with Crippen molar-refractivity contribution in [2.75, 3.05) is 27.2 Å². The molecule has 0 aromatic heterocycles. The fraction of sp³-hybridized carbons (Fsp3) is 0.444. The second-order valence-electron chi connectivity index (χ2n) is 6.08. The number of benzene rings is 2. The lowest BCUT2D eigenvalue weighted by Gasteiger charge is -2.36. The van der Waals surface area contributed by atoms with E-state index in [1.807, 2.05) is 0 Å². The number of rotatable bonds is 3. The van der Waals surface area contributed by atoms with Gasteiger partial charge in [-0.15, -0.1) is 0 Å². The van der Waals surface area contributed by atoms with Gasteiger partial charge in [-0.25, -0.2) is 0 Å². The van der Waals surface area contributed by atoms with Crippen molar-refractivity contribution >= 4 is 10.8 Å². The zero-order chi connectivity index (χ0) is 13.9. The van der Waals surface area contributed by atoms with Crippen LogP contribution in [-0.2, 0) is 0 Å². The van der Waals surface area contributed by atoms with Crippen LogP contribution in [0.4, 0.5) is 0 Å².